The van der Waals surface area contributed by atoms with Crippen LogP contribution < -0.4 is 5.32 Å². The summed E-state index contributed by atoms with van der Waals surface area (Å²) >= 11 is 7.40. The number of carbonyl (C=O) groups is 1. The van der Waals surface area contributed by atoms with Gasteiger partial charge in [0.2, 0.25) is 0 Å². The van der Waals surface area contributed by atoms with Crippen LogP contribution in [-0.2, 0) is 0 Å². The van der Waals surface area contributed by atoms with Gasteiger partial charge in [-0.1, -0.05) is 11.6 Å². The molecule has 1 unspecified atom stereocenters. The molecular weight excluding hydrogens is 296 g/mol. The molecule has 0 aliphatic heterocycles. The van der Waals surface area contributed by atoms with Crippen molar-refractivity contribution in [3.63, 3.8) is 0 Å². The number of pyridine rings is 1. The summed E-state index contributed by atoms with van der Waals surface area (Å²) in [6.45, 7) is 5.52. The molecule has 0 aliphatic rings. The molecule has 2 aromatic heterocycles. The van der Waals surface area contributed by atoms with Crippen LogP contribution >= 0.6 is 22.9 Å². The van der Waals surface area contributed by atoms with Crippen molar-refractivity contribution in [1.29, 1.82) is 0 Å². The van der Waals surface area contributed by atoms with Crippen molar-refractivity contribution in [1.82, 2.24) is 4.98 Å². The predicted molar refractivity (Wildman–Crippen MR) is 82.0 cm³/mol. The molecule has 0 bridgehead atoms. The Kier molecular flexibility index (Phi) is 4.30. The number of nitrogens with zero attached hydrogens (tertiary/aromatic N) is 1. The number of nitrogens with one attached hydrogen (secondary N) is 1. The third-order valence-electron chi connectivity index (χ3n) is 2.94. The van der Waals surface area contributed by atoms with Crippen molar-refractivity contribution in [3.05, 3.63) is 44.4 Å². The molecule has 2 rings (SSSR count). The smallest absolute Gasteiger partial charge is 0.339 e. The second-order valence-electron chi connectivity index (χ2n) is 4.58. The Balaban J connectivity index is 2.35. The van der Waals surface area contributed by atoms with Gasteiger partial charge in [-0.05, 0) is 39.0 Å². The van der Waals surface area contributed by atoms with E-state index in [0.717, 1.165) is 10.6 Å². The van der Waals surface area contributed by atoms with Crippen molar-refractivity contribution in [2.75, 3.05) is 5.32 Å². The highest BCUT2D eigenvalue weighted by Crippen LogP contribution is 2.30. The van der Waals surface area contributed by atoms with E-state index in [1.807, 2.05) is 26.0 Å². The van der Waals surface area contributed by atoms with Crippen LogP contribution in [0.25, 0.3) is 0 Å². The average molecular weight is 311 g/mol. The fourth-order valence-electron chi connectivity index (χ4n) is 2.08. The lowest BCUT2D eigenvalue weighted by molar-refractivity contribution is 0.0696. The van der Waals surface area contributed by atoms with Crippen molar-refractivity contribution >= 4 is 34.6 Å². The fraction of sp³-hybridized carbons (Fsp3) is 0.286. The van der Waals surface area contributed by atoms with Crippen LogP contribution in [0.2, 0.25) is 4.34 Å². The normalized spacial score (nSPS) is 12.2. The first-order chi connectivity index (χ1) is 9.38. The molecule has 106 valence electrons. The Morgan fingerprint density at radius 2 is 2.15 bits per heavy atom. The first-order valence-corrected chi connectivity index (χ1v) is 7.31. The molecule has 6 heteroatoms. The second kappa shape index (κ2) is 5.81. The molecule has 0 saturated carbocycles. The lowest BCUT2D eigenvalue weighted by Gasteiger charge is -2.17. The molecule has 4 nitrogen and oxygen atoms in total. The number of rotatable bonds is 4. The van der Waals surface area contributed by atoms with Crippen LogP contribution in [-0.4, -0.2) is 16.1 Å². The number of carboxylic acids is 1. The highest BCUT2D eigenvalue weighted by molar-refractivity contribution is 7.16. The van der Waals surface area contributed by atoms with E-state index in [0.29, 0.717) is 15.7 Å². The van der Waals surface area contributed by atoms with Crippen molar-refractivity contribution in [2.24, 2.45) is 0 Å². The fourth-order valence-corrected chi connectivity index (χ4v) is 3.14. The summed E-state index contributed by atoms with van der Waals surface area (Å²) in [7, 11) is 0. The van der Waals surface area contributed by atoms with Crippen molar-refractivity contribution < 1.29 is 9.90 Å². The molecule has 0 aliphatic carbocycles. The van der Waals surface area contributed by atoms with Crippen LogP contribution in [0.1, 0.15) is 39.6 Å². The van der Waals surface area contributed by atoms with Crippen LogP contribution in [0.4, 0.5) is 5.69 Å². The summed E-state index contributed by atoms with van der Waals surface area (Å²) in [5.41, 5.74) is 2.09. The number of hydrogen-bond donors (Lipinski definition) is 2. The molecule has 2 aromatic rings. The maximum atomic E-state index is 11.4. The molecule has 0 fully saturated rings. The van der Waals surface area contributed by atoms with E-state index in [1.54, 1.807) is 13.0 Å². The molecule has 2 N–H and O–H groups in total. The van der Waals surface area contributed by atoms with E-state index in [-0.39, 0.29) is 11.6 Å². The van der Waals surface area contributed by atoms with Gasteiger partial charge in [-0.2, -0.15) is 0 Å². The number of carboxylic acid groups (broad SMARTS) is 1. The van der Waals surface area contributed by atoms with Gasteiger partial charge >= 0.3 is 5.97 Å². The number of aromatic nitrogens is 1. The Morgan fingerprint density at radius 3 is 2.70 bits per heavy atom. The third kappa shape index (κ3) is 3.11. The van der Waals surface area contributed by atoms with Gasteiger partial charge in [-0.25, -0.2) is 4.79 Å². The summed E-state index contributed by atoms with van der Waals surface area (Å²) in [5.74, 6) is -0.978. The van der Waals surface area contributed by atoms with E-state index < -0.39 is 5.97 Å². The Morgan fingerprint density at radius 1 is 1.45 bits per heavy atom. The van der Waals surface area contributed by atoms with Gasteiger partial charge in [0, 0.05) is 10.6 Å². The lowest BCUT2D eigenvalue weighted by atomic mass is 10.1. The molecule has 0 radical (unpaired) electrons. The average Bonchev–Trinajstić information content (AvgIpc) is 2.74. The van der Waals surface area contributed by atoms with Gasteiger partial charge in [0.15, 0.2) is 0 Å². The van der Waals surface area contributed by atoms with E-state index in [1.165, 1.54) is 11.3 Å². The number of thiophene rings is 1. The van der Waals surface area contributed by atoms with Crippen LogP contribution in [0, 0.1) is 13.8 Å². The minimum Gasteiger partial charge on any atom is -0.478 e. The molecule has 0 amide bonds. The van der Waals surface area contributed by atoms with Gasteiger partial charge in [-0.3, -0.25) is 4.98 Å². The molecule has 0 aromatic carbocycles. The zero-order valence-electron chi connectivity index (χ0n) is 11.4. The molecule has 20 heavy (non-hydrogen) atoms. The zero-order valence-corrected chi connectivity index (χ0v) is 13.0. The van der Waals surface area contributed by atoms with E-state index in [4.69, 9.17) is 11.6 Å². The summed E-state index contributed by atoms with van der Waals surface area (Å²) in [5, 5.41) is 12.6. The standard InChI is InChI=1S/C14H15ClN2O2S/c1-7-6-10(13(14(18)19)9(3)16-7)17-8(2)11-4-5-12(15)20-11/h4-6,8H,1-3H3,(H,16,17)(H,18,19). The molecule has 1 atom stereocenters. The first kappa shape index (κ1) is 14.8. The van der Waals surface area contributed by atoms with Crippen LogP contribution in [0.3, 0.4) is 0 Å². The maximum Gasteiger partial charge on any atom is 0.339 e. The summed E-state index contributed by atoms with van der Waals surface area (Å²) in [4.78, 5) is 16.6. The van der Waals surface area contributed by atoms with Crippen molar-refractivity contribution in [2.45, 2.75) is 26.8 Å². The number of aromatic carboxylic acids is 1. The van der Waals surface area contributed by atoms with Crippen molar-refractivity contribution in [3.8, 4) is 0 Å². The number of hydrogen-bond acceptors (Lipinski definition) is 4. The Hall–Kier alpha value is -1.59. The molecule has 2 heterocycles. The highest BCUT2D eigenvalue weighted by atomic mass is 35.5. The van der Waals surface area contributed by atoms with Gasteiger partial charge in [0.1, 0.15) is 5.56 Å². The van der Waals surface area contributed by atoms with E-state index in [2.05, 4.69) is 10.3 Å². The minimum absolute atomic E-state index is 0.0215. The topological polar surface area (TPSA) is 62.2 Å². The molecule has 0 spiro atoms. The van der Waals surface area contributed by atoms with E-state index >= 15 is 0 Å². The Labute approximate surface area is 126 Å². The first-order valence-electron chi connectivity index (χ1n) is 6.11. The predicted octanol–water partition coefficient (Wildman–Crippen LogP) is 4.28. The molecular formula is C14H15ClN2O2S. The number of aryl methyl sites for hydroxylation is 2. The van der Waals surface area contributed by atoms with Crippen LogP contribution in [0.5, 0.6) is 0 Å². The second-order valence-corrected chi connectivity index (χ2v) is 6.33. The zero-order chi connectivity index (χ0) is 14.9. The number of anilines is 1. The van der Waals surface area contributed by atoms with Crippen LogP contribution in [0.15, 0.2) is 18.2 Å². The SMILES string of the molecule is Cc1cc(NC(C)c2ccc(Cl)s2)c(C(=O)O)c(C)n1. The van der Waals surface area contributed by atoms with Gasteiger partial charge in [-0.15, -0.1) is 11.3 Å². The monoisotopic (exact) mass is 310 g/mol. The van der Waals surface area contributed by atoms with E-state index in [9.17, 15) is 9.90 Å². The lowest BCUT2D eigenvalue weighted by Crippen LogP contribution is -2.12. The summed E-state index contributed by atoms with van der Waals surface area (Å²) in [6, 6.07) is 5.50. The van der Waals surface area contributed by atoms with Gasteiger partial charge in [0.25, 0.3) is 0 Å². The van der Waals surface area contributed by atoms with Gasteiger partial charge in [0.05, 0.1) is 21.8 Å². The Bertz CT molecular complexity index is 655. The minimum atomic E-state index is -0.978. The number of halogens is 1. The molecule has 0 saturated heterocycles. The summed E-state index contributed by atoms with van der Waals surface area (Å²) in [6.07, 6.45) is 0. The quantitative estimate of drug-likeness (QED) is 0.884. The third-order valence-corrected chi connectivity index (χ3v) is 4.35. The maximum absolute atomic E-state index is 11.4. The van der Waals surface area contributed by atoms with Gasteiger partial charge < -0.3 is 10.4 Å². The highest BCUT2D eigenvalue weighted by Gasteiger charge is 2.18. The summed E-state index contributed by atoms with van der Waals surface area (Å²) < 4.78 is 0.717. The largest absolute Gasteiger partial charge is 0.478 e.